The Balaban J connectivity index is 1.25. The number of nitrogens with zero attached hydrogens (tertiary/aromatic N) is 2. The molecule has 1 aromatic heterocycles. The number of hydrogen-bond donors (Lipinski definition) is 2. The summed E-state index contributed by atoms with van der Waals surface area (Å²) in [7, 11) is 0. The quantitative estimate of drug-likeness (QED) is 0.805. The van der Waals surface area contributed by atoms with Crippen LogP contribution in [0.2, 0.25) is 0 Å². The number of anilines is 1. The molecule has 1 aliphatic heterocycles. The molecular weight excluding hydrogens is 324 g/mol. The molecule has 5 heteroatoms. The van der Waals surface area contributed by atoms with Gasteiger partial charge in [-0.1, -0.05) is 23.8 Å². The topological polar surface area (TPSA) is 61.0 Å². The first-order chi connectivity index (χ1) is 12.8. The van der Waals surface area contributed by atoms with Crippen molar-refractivity contribution in [2.75, 3.05) is 24.5 Å². The molecule has 138 valence electrons. The van der Waals surface area contributed by atoms with Gasteiger partial charge in [-0.05, 0) is 57.1 Å². The van der Waals surface area contributed by atoms with Gasteiger partial charge in [0, 0.05) is 25.6 Å². The second-order valence-corrected chi connectivity index (χ2v) is 7.49. The van der Waals surface area contributed by atoms with Gasteiger partial charge in [-0.25, -0.2) is 4.98 Å². The lowest BCUT2D eigenvalue weighted by Crippen LogP contribution is -2.41. The molecule has 4 rings (SSSR count). The number of rotatable bonds is 5. The third-order valence-corrected chi connectivity index (χ3v) is 5.67. The Hall–Kier alpha value is -2.30. The van der Waals surface area contributed by atoms with Crippen LogP contribution < -0.4 is 10.2 Å². The second-order valence-electron chi connectivity index (χ2n) is 7.49. The van der Waals surface area contributed by atoms with E-state index in [4.69, 9.17) is 0 Å². The number of imidazole rings is 1. The van der Waals surface area contributed by atoms with Gasteiger partial charge < -0.3 is 15.2 Å². The van der Waals surface area contributed by atoms with Crippen LogP contribution in [0.15, 0.2) is 35.9 Å². The number of fused-ring (bicyclic) bond motifs is 1. The molecule has 0 bridgehead atoms. The molecule has 0 radical (unpaired) electrons. The Morgan fingerprint density at radius 3 is 2.85 bits per heavy atom. The summed E-state index contributed by atoms with van der Waals surface area (Å²) in [5, 5.41) is 3.15. The molecule has 2 heterocycles. The number of allylic oxidation sites excluding steroid dienone is 1. The van der Waals surface area contributed by atoms with E-state index in [9.17, 15) is 4.79 Å². The van der Waals surface area contributed by atoms with Crippen molar-refractivity contribution in [1.82, 2.24) is 15.3 Å². The maximum atomic E-state index is 12.5. The highest BCUT2D eigenvalue weighted by Crippen LogP contribution is 2.24. The summed E-state index contributed by atoms with van der Waals surface area (Å²) in [5.41, 5.74) is 3.59. The zero-order valence-electron chi connectivity index (χ0n) is 15.3. The Bertz CT molecular complexity index is 753. The molecule has 1 fully saturated rings. The fourth-order valence-corrected chi connectivity index (χ4v) is 4.06. The highest BCUT2D eigenvalue weighted by molar-refractivity contribution is 5.79. The lowest BCUT2D eigenvalue weighted by atomic mass is 9.95. The van der Waals surface area contributed by atoms with Crippen molar-refractivity contribution in [3.8, 4) is 0 Å². The number of nitrogens with one attached hydrogen (secondary N) is 2. The molecule has 1 saturated heterocycles. The maximum Gasteiger partial charge on any atom is 0.223 e. The van der Waals surface area contributed by atoms with Crippen LogP contribution in [0, 0.1) is 5.92 Å². The van der Waals surface area contributed by atoms with Gasteiger partial charge in [0.15, 0.2) is 0 Å². The number of aromatic nitrogens is 2. The molecule has 0 spiro atoms. The highest BCUT2D eigenvalue weighted by atomic mass is 16.1. The summed E-state index contributed by atoms with van der Waals surface area (Å²) < 4.78 is 0. The van der Waals surface area contributed by atoms with Crippen molar-refractivity contribution in [3.05, 3.63) is 35.9 Å². The molecule has 1 aliphatic carbocycles. The maximum absolute atomic E-state index is 12.5. The number of benzene rings is 1. The van der Waals surface area contributed by atoms with Gasteiger partial charge in [0.1, 0.15) is 0 Å². The summed E-state index contributed by atoms with van der Waals surface area (Å²) in [4.78, 5) is 22.8. The van der Waals surface area contributed by atoms with Crippen LogP contribution in [0.5, 0.6) is 0 Å². The van der Waals surface area contributed by atoms with Crippen molar-refractivity contribution in [3.63, 3.8) is 0 Å². The lowest BCUT2D eigenvalue weighted by molar-refractivity contribution is -0.125. The van der Waals surface area contributed by atoms with Gasteiger partial charge in [0.05, 0.1) is 11.0 Å². The third-order valence-electron chi connectivity index (χ3n) is 5.67. The Morgan fingerprint density at radius 1 is 1.23 bits per heavy atom. The van der Waals surface area contributed by atoms with Crippen LogP contribution in [0.3, 0.4) is 0 Å². The van der Waals surface area contributed by atoms with Crippen molar-refractivity contribution in [2.45, 2.75) is 44.9 Å². The average molecular weight is 352 g/mol. The number of carbonyl (C=O) groups excluding carboxylic acids is 1. The first-order valence-corrected chi connectivity index (χ1v) is 9.95. The summed E-state index contributed by atoms with van der Waals surface area (Å²) in [6.07, 6.45) is 10.2. The Kier molecular flexibility index (Phi) is 5.23. The van der Waals surface area contributed by atoms with E-state index in [0.29, 0.717) is 0 Å². The number of piperidine rings is 1. The van der Waals surface area contributed by atoms with E-state index in [2.05, 4.69) is 26.3 Å². The Labute approximate surface area is 154 Å². The smallest absolute Gasteiger partial charge is 0.223 e. The number of amides is 1. The molecule has 1 amide bonds. The Morgan fingerprint density at radius 2 is 2.08 bits per heavy atom. The summed E-state index contributed by atoms with van der Waals surface area (Å²) >= 11 is 0. The highest BCUT2D eigenvalue weighted by Gasteiger charge is 2.26. The third kappa shape index (κ3) is 3.92. The van der Waals surface area contributed by atoms with Crippen LogP contribution in [-0.4, -0.2) is 35.5 Å². The van der Waals surface area contributed by atoms with E-state index in [0.717, 1.165) is 55.9 Å². The normalized spacial score (nSPS) is 18.8. The first-order valence-electron chi connectivity index (χ1n) is 9.95. The number of para-hydroxylation sites is 2. The van der Waals surface area contributed by atoms with E-state index in [1.54, 1.807) is 0 Å². The molecule has 1 aromatic carbocycles. The number of hydrogen-bond acceptors (Lipinski definition) is 3. The number of carbonyl (C=O) groups is 1. The fraction of sp³-hybridized carbons (Fsp3) is 0.524. The monoisotopic (exact) mass is 352 g/mol. The predicted octanol–water partition coefficient (Wildman–Crippen LogP) is 3.79. The molecular formula is C21H28N4O. The van der Waals surface area contributed by atoms with Gasteiger partial charge in [-0.3, -0.25) is 4.79 Å². The van der Waals surface area contributed by atoms with Gasteiger partial charge in [-0.2, -0.15) is 0 Å². The van der Waals surface area contributed by atoms with Crippen LogP contribution >= 0.6 is 0 Å². The van der Waals surface area contributed by atoms with Crippen molar-refractivity contribution < 1.29 is 4.79 Å². The van der Waals surface area contributed by atoms with E-state index in [1.165, 1.54) is 31.3 Å². The summed E-state index contributed by atoms with van der Waals surface area (Å²) in [5.74, 6) is 1.29. The van der Waals surface area contributed by atoms with E-state index in [-0.39, 0.29) is 11.8 Å². The van der Waals surface area contributed by atoms with Crippen LogP contribution in [0.1, 0.15) is 44.9 Å². The predicted molar refractivity (Wildman–Crippen MR) is 105 cm³/mol. The van der Waals surface area contributed by atoms with Crippen molar-refractivity contribution in [1.29, 1.82) is 0 Å². The van der Waals surface area contributed by atoms with Crippen LogP contribution in [-0.2, 0) is 4.79 Å². The van der Waals surface area contributed by atoms with Gasteiger partial charge in [0.25, 0.3) is 0 Å². The lowest BCUT2D eigenvalue weighted by Gasteiger charge is -2.31. The number of H-pyrrole nitrogens is 1. The molecule has 0 unspecified atom stereocenters. The molecule has 2 N–H and O–H groups in total. The minimum atomic E-state index is 0.135. The molecule has 5 nitrogen and oxygen atoms in total. The zero-order chi connectivity index (χ0) is 17.8. The second kappa shape index (κ2) is 7.94. The van der Waals surface area contributed by atoms with Gasteiger partial charge in [0.2, 0.25) is 11.9 Å². The molecule has 0 saturated carbocycles. The van der Waals surface area contributed by atoms with Gasteiger partial charge in [-0.15, -0.1) is 0 Å². The van der Waals surface area contributed by atoms with Crippen LogP contribution in [0.25, 0.3) is 11.0 Å². The van der Waals surface area contributed by atoms with E-state index >= 15 is 0 Å². The molecule has 26 heavy (non-hydrogen) atoms. The average Bonchev–Trinajstić information content (AvgIpc) is 3.13. The largest absolute Gasteiger partial charge is 0.356 e. The molecule has 0 atom stereocenters. The van der Waals surface area contributed by atoms with E-state index < -0.39 is 0 Å². The zero-order valence-corrected chi connectivity index (χ0v) is 15.3. The SMILES string of the molecule is O=C(NCCC1=CCCCC1)C1CCN(c2nc3ccccc3[nH]2)CC1. The number of aromatic amines is 1. The van der Waals surface area contributed by atoms with Crippen molar-refractivity contribution in [2.24, 2.45) is 5.92 Å². The van der Waals surface area contributed by atoms with Gasteiger partial charge >= 0.3 is 0 Å². The molecule has 2 aromatic rings. The summed E-state index contributed by atoms with van der Waals surface area (Å²) in [6.45, 7) is 2.54. The standard InChI is InChI=1S/C21H28N4O/c26-20(22-13-10-16-6-2-1-3-7-16)17-11-14-25(15-12-17)21-23-18-8-4-5-9-19(18)24-21/h4-6,8-9,17H,1-3,7,10-15H2,(H,22,26)(H,23,24). The minimum absolute atomic E-state index is 0.135. The molecule has 2 aliphatic rings. The minimum Gasteiger partial charge on any atom is -0.356 e. The van der Waals surface area contributed by atoms with E-state index in [1.807, 2.05) is 24.3 Å². The summed E-state index contributed by atoms with van der Waals surface area (Å²) in [6, 6.07) is 8.10. The fourth-order valence-electron chi connectivity index (χ4n) is 4.06. The first kappa shape index (κ1) is 17.1. The van der Waals surface area contributed by atoms with Crippen LogP contribution in [0.4, 0.5) is 5.95 Å². The van der Waals surface area contributed by atoms with Crippen molar-refractivity contribution >= 4 is 22.9 Å².